The molecule has 2 N–H and O–H groups in total. The second kappa shape index (κ2) is 11.1. The number of unbranched alkanes of at least 4 members (excludes halogenated alkanes) is 3. The molecule has 0 radical (unpaired) electrons. The van der Waals surface area contributed by atoms with E-state index in [9.17, 15) is 9.59 Å². The summed E-state index contributed by atoms with van der Waals surface area (Å²) in [5, 5.41) is 12.0. The van der Waals surface area contributed by atoms with E-state index in [1.54, 1.807) is 12.1 Å². The van der Waals surface area contributed by atoms with E-state index in [0.717, 1.165) is 13.1 Å². The zero-order chi connectivity index (χ0) is 20.4. The Morgan fingerprint density at radius 3 is 2.29 bits per heavy atom. The van der Waals surface area contributed by atoms with Crippen LogP contribution >= 0.6 is 0 Å². The van der Waals surface area contributed by atoms with Crippen molar-refractivity contribution in [3.8, 4) is 11.4 Å². The van der Waals surface area contributed by atoms with Crippen LogP contribution in [0.2, 0.25) is 0 Å². The first kappa shape index (κ1) is 21.5. The maximum atomic E-state index is 12.4. The minimum atomic E-state index is -1.03. The molecule has 0 spiro atoms. The number of rotatable bonds is 11. The average Bonchev–Trinajstić information content (AvgIpc) is 2.71. The Bertz CT molecular complexity index is 795. The van der Waals surface area contributed by atoms with Crippen LogP contribution in [0.4, 0.5) is 0 Å². The molecule has 2 aromatic heterocycles. The van der Waals surface area contributed by atoms with Gasteiger partial charge < -0.3 is 15.3 Å². The van der Waals surface area contributed by atoms with Gasteiger partial charge in [-0.2, -0.15) is 0 Å². The van der Waals surface area contributed by atoms with Crippen LogP contribution in [0.1, 0.15) is 53.3 Å². The minimum absolute atomic E-state index is 0.128. The molecule has 1 amide bonds. The van der Waals surface area contributed by atoms with E-state index in [4.69, 9.17) is 5.11 Å². The van der Waals surface area contributed by atoms with Crippen LogP contribution in [0, 0.1) is 0 Å². The summed E-state index contributed by atoms with van der Waals surface area (Å²) in [6, 6.07) is 6.12. The van der Waals surface area contributed by atoms with Gasteiger partial charge in [-0.1, -0.05) is 26.2 Å². The molecule has 0 unspecified atom stereocenters. The van der Waals surface area contributed by atoms with Gasteiger partial charge in [0, 0.05) is 31.0 Å². The van der Waals surface area contributed by atoms with Crippen molar-refractivity contribution in [2.75, 3.05) is 26.7 Å². The summed E-state index contributed by atoms with van der Waals surface area (Å²) in [6.07, 6.45) is 7.85. The average molecular weight is 384 g/mol. The highest BCUT2D eigenvalue weighted by Gasteiger charge is 2.11. The van der Waals surface area contributed by atoms with Crippen LogP contribution < -0.4 is 5.32 Å². The number of amides is 1. The van der Waals surface area contributed by atoms with Crippen molar-refractivity contribution in [3.05, 3.63) is 47.8 Å². The lowest BCUT2D eigenvalue weighted by Crippen LogP contribution is -2.33. The summed E-state index contributed by atoms with van der Waals surface area (Å²) >= 11 is 0. The van der Waals surface area contributed by atoms with Gasteiger partial charge in [-0.25, -0.2) is 4.79 Å². The molecule has 0 aliphatic heterocycles. The molecule has 2 heterocycles. The first-order valence-corrected chi connectivity index (χ1v) is 9.63. The molecule has 0 bridgehead atoms. The number of nitrogens with one attached hydrogen (secondary N) is 1. The Morgan fingerprint density at radius 1 is 1.00 bits per heavy atom. The lowest BCUT2D eigenvalue weighted by Gasteiger charge is -2.16. The van der Waals surface area contributed by atoms with E-state index in [2.05, 4.69) is 34.2 Å². The van der Waals surface area contributed by atoms with Crippen LogP contribution in [0.5, 0.6) is 0 Å². The monoisotopic (exact) mass is 384 g/mol. The highest BCUT2D eigenvalue weighted by molar-refractivity contribution is 5.95. The molecule has 28 heavy (non-hydrogen) atoms. The maximum absolute atomic E-state index is 12.4. The number of carboxylic acid groups (broad SMARTS) is 1. The van der Waals surface area contributed by atoms with Crippen LogP contribution in [0.15, 0.2) is 36.7 Å². The SMILES string of the molecule is CCCCCCN(C)CCNC(=O)c1ccnc(-c2cc(C(=O)O)ccn2)c1. The van der Waals surface area contributed by atoms with E-state index in [1.165, 1.54) is 50.2 Å². The normalized spacial score (nSPS) is 10.8. The molecule has 0 aromatic carbocycles. The van der Waals surface area contributed by atoms with Gasteiger partial charge in [-0.05, 0) is 44.3 Å². The Hall–Kier alpha value is -2.80. The number of likely N-dealkylation sites (N-methyl/N-ethyl adjacent to an activating group) is 1. The van der Waals surface area contributed by atoms with Gasteiger partial charge in [0.1, 0.15) is 0 Å². The van der Waals surface area contributed by atoms with Crippen molar-refractivity contribution >= 4 is 11.9 Å². The fraction of sp³-hybridized carbons (Fsp3) is 0.429. The minimum Gasteiger partial charge on any atom is -0.478 e. The predicted molar refractivity (Wildman–Crippen MR) is 108 cm³/mol. The first-order chi connectivity index (χ1) is 13.5. The highest BCUT2D eigenvalue weighted by atomic mass is 16.4. The smallest absolute Gasteiger partial charge is 0.335 e. The number of pyridine rings is 2. The van der Waals surface area contributed by atoms with E-state index in [0.29, 0.717) is 23.5 Å². The highest BCUT2D eigenvalue weighted by Crippen LogP contribution is 2.16. The van der Waals surface area contributed by atoms with E-state index in [-0.39, 0.29) is 11.5 Å². The number of carbonyl (C=O) groups excluding carboxylic acids is 1. The molecule has 2 aromatic rings. The molecule has 2 rings (SSSR count). The second-order valence-corrected chi connectivity index (χ2v) is 6.78. The van der Waals surface area contributed by atoms with Gasteiger partial charge in [0.15, 0.2) is 0 Å². The Balaban J connectivity index is 1.90. The summed E-state index contributed by atoms with van der Waals surface area (Å²) in [5.74, 6) is -1.21. The fourth-order valence-electron chi connectivity index (χ4n) is 2.80. The largest absolute Gasteiger partial charge is 0.478 e. The van der Waals surface area contributed by atoms with Gasteiger partial charge >= 0.3 is 5.97 Å². The number of hydrogen-bond acceptors (Lipinski definition) is 5. The van der Waals surface area contributed by atoms with Crippen LogP contribution in [-0.4, -0.2) is 58.5 Å². The topological polar surface area (TPSA) is 95.4 Å². The third kappa shape index (κ3) is 6.74. The number of carbonyl (C=O) groups is 2. The third-order valence-electron chi connectivity index (χ3n) is 4.46. The molecule has 0 atom stereocenters. The molecular weight excluding hydrogens is 356 g/mol. The molecular formula is C21H28N4O3. The van der Waals surface area contributed by atoms with Crippen molar-refractivity contribution in [2.24, 2.45) is 0 Å². The quantitative estimate of drug-likeness (QED) is 0.578. The third-order valence-corrected chi connectivity index (χ3v) is 4.46. The van der Waals surface area contributed by atoms with Gasteiger partial charge in [-0.15, -0.1) is 0 Å². The summed E-state index contributed by atoms with van der Waals surface area (Å²) in [5.41, 5.74) is 1.48. The number of hydrogen-bond donors (Lipinski definition) is 2. The zero-order valence-electron chi connectivity index (χ0n) is 16.5. The molecule has 7 nitrogen and oxygen atoms in total. The molecule has 0 fully saturated rings. The van der Waals surface area contributed by atoms with Crippen LogP contribution in [-0.2, 0) is 0 Å². The number of aromatic carboxylic acids is 1. The van der Waals surface area contributed by atoms with Crippen LogP contribution in [0.3, 0.4) is 0 Å². The number of nitrogens with zero attached hydrogens (tertiary/aromatic N) is 3. The lowest BCUT2D eigenvalue weighted by molar-refractivity contribution is 0.0696. The maximum Gasteiger partial charge on any atom is 0.335 e. The Morgan fingerprint density at radius 2 is 1.64 bits per heavy atom. The second-order valence-electron chi connectivity index (χ2n) is 6.78. The molecule has 7 heteroatoms. The summed E-state index contributed by atoms with van der Waals surface area (Å²) in [6.45, 7) is 4.58. The number of aromatic nitrogens is 2. The zero-order valence-corrected chi connectivity index (χ0v) is 16.5. The van der Waals surface area contributed by atoms with E-state index in [1.807, 2.05) is 0 Å². The molecule has 0 aliphatic rings. The summed E-state index contributed by atoms with van der Waals surface area (Å²) in [7, 11) is 2.06. The van der Waals surface area contributed by atoms with Gasteiger partial charge in [0.2, 0.25) is 0 Å². The van der Waals surface area contributed by atoms with Crippen LogP contribution in [0.25, 0.3) is 11.4 Å². The predicted octanol–water partition coefficient (Wildman–Crippen LogP) is 3.08. The van der Waals surface area contributed by atoms with Gasteiger partial charge in [0.25, 0.3) is 5.91 Å². The molecule has 0 aliphatic carbocycles. The summed E-state index contributed by atoms with van der Waals surface area (Å²) in [4.78, 5) is 34.1. The molecule has 0 saturated heterocycles. The van der Waals surface area contributed by atoms with E-state index >= 15 is 0 Å². The fourth-order valence-corrected chi connectivity index (χ4v) is 2.80. The lowest BCUT2D eigenvalue weighted by atomic mass is 10.1. The standard InChI is InChI=1S/C21H28N4O3/c1-3-4-5-6-12-25(2)13-11-24-20(26)16-7-9-22-18(14-16)19-15-17(21(27)28)8-10-23-19/h7-10,14-15H,3-6,11-13H2,1-2H3,(H,24,26)(H,27,28). The van der Waals surface area contributed by atoms with Crippen molar-refractivity contribution in [1.29, 1.82) is 0 Å². The first-order valence-electron chi connectivity index (χ1n) is 9.63. The summed E-state index contributed by atoms with van der Waals surface area (Å²) < 4.78 is 0. The van der Waals surface area contributed by atoms with Gasteiger partial charge in [-0.3, -0.25) is 14.8 Å². The Labute approximate surface area is 165 Å². The van der Waals surface area contributed by atoms with Crippen molar-refractivity contribution < 1.29 is 14.7 Å². The van der Waals surface area contributed by atoms with Gasteiger partial charge in [0.05, 0.1) is 17.0 Å². The van der Waals surface area contributed by atoms with Crippen molar-refractivity contribution in [3.63, 3.8) is 0 Å². The van der Waals surface area contributed by atoms with Crippen molar-refractivity contribution in [2.45, 2.75) is 32.6 Å². The number of carboxylic acids is 1. The molecule has 150 valence electrons. The Kier molecular flexibility index (Phi) is 8.55. The van der Waals surface area contributed by atoms with Crippen molar-refractivity contribution in [1.82, 2.24) is 20.2 Å². The van der Waals surface area contributed by atoms with E-state index < -0.39 is 5.97 Å². The molecule has 0 saturated carbocycles.